The molecule has 1 aromatic carbocycles. The highest BCUT2D eigenvalue weighted by molar-refractivity contribution is 5.85. The number of ether oxygens (including phenoxy) is 1. The van der Waals surface area contributed by atoms with Gasteiger partial charge >= 0.3 is 0 Å². The van der Waals surface area contributed by atoms with Crippen molar-refractivity contribution >= 4 is 5.78 Å². The van der Waals surface area contributed by atoms with Gasteiger partial charge in [-0.25, -0.2) is 0 Å². The van der Waals surface area contributed by atoms with Crippen LogP contribution in [0.2, 0.25) is 0 Å². The molecule has 0 aliphatic carbocycles. The molecule has 2 heteroatoms. The zero-order valence-electron chi connectivity index (χ0n) is 10.5. The first-order valence-electron chi connectivity index (χ1n) is 5.84. The molecule has 0 heterocycles. The summed E-state index contributed by atoms with van der Waals surface area (Å²) < 4.78 is 5.55. The van der Waals surface area contributed by atoms with Crippen molar-refractivity contribution in [2.75, 3.05) is 0 Å². The van der Waals surface area contributed by atoms with Crippen molar-refractivity contribution in [1.29, 1.82) is 0 Å². The topological polar surface area (TPSA) is 26.3 Å². The van der Waals surface area contributed by atoms with Gasteiger partial charge in [-0.3, -0.25) is 4.79 Å². The number of benzene rings is 1. The zero-order valence-corrected chi connectivity index (χ0v) is 10.5. The number of ketones is 1. The second kappa shape index (κ2) is 5.69. The molecule has 0 aliphatic heterocycles. The number of hydrogen-bond acceptors (Lipinski definition) is 2. The maximum absolute atomic E-state index is 11.5. The normalized spacial score (nSPS) is 12.6. The predicted octanol–water partition coefficient (Wildman–Crippen LogP) is 3.56. The third-order valence-corrected chi connectivity index (χ3v) is 2.58. The van der Waals surface area contributed by atoms with Crippen LogP contribution in [0, 0.1) is 0 Å². The molecule has 88 valence electrons. The summed E-state index contributed by atoms with van der Waals surface area (Å²) in [6.45, 7) is 7.84. The minimum atomic E-state index is -0.0156. The standard InChI is InChI=1S/C14H20O2/c1-5-14(15)11(4)12-6-8-13(9-7-12)16-10(2)3/h6-11H,5H2,1-4H3. The minimum Gasteiger partial charge on any atom is -0.491 e. The average molecular weight is 220 g/mol. The van der Waals surface area contributed by atoms with Gasteiger partial charge in [0.05, 0.1) is 6.10 Å². The van der Waals surface area contributed by atoms with Crippen molar-refractivity contribution in [1.82, 2.24) is 0 Å². The third-order valence-electron chi connectivity index (χ3n) is 2.58. The number of carbonyl (C=O) groups excluding carboxylic acids is 1. The van der Waals surface area contributed by atoms with Gasteiger partial charge < -0.3 is 4.74 Å². The fraction of sp³-hybridized carbons (Fsp3) is 0.500. The Morgan fingerprint density at radius 2 is 1.75 bits per heavy atom. The van der Waals surface area contributed by atoms with Crippen LogP contribution in [0.1, 0.15) is 45.6 Å². The molecule has 0 fully saturated rings. The smallest absolute Gasteiger partial charge is 0.139 e. The van der Waals surface area contributed by atoms with Crippen LogP contribution in [0.5, 0.6) is 5.75 Å². The molecule has 0 aliphatic rings. The lowest BCUT2D eigenvalue weighted by molar-refractivity contribution is -0.119. The molecule has 0 amide bonds. The maximum atomic E-state index is 11.5. The van der Waals surface area contributed by atoms with E-state index in [0.717, 1.165) is 11.3 Å². The van der Waals surface area contributed by atoms with E-state index in [9.17, 15) is 4.79 Å². The highest BCUT2D eigenvalue weighted by Gasteiger charge is 2.12. The Morgan fingerprint density at radius 1 is 1.19 bits per heavy atom. The van der Waals surface area contributed by atoms with E-state index < -0.39 is 0 Å². The summed E-state index contributed by atoms with van der Waals surface area (Å²) >= 11 is 0. The first kappa shape index (κ1) is 12.8. The molecule has 0 N–H and O–H groups in total. The molecule has 0 saturated carbocycles. The molecule has 0 spiro atoms. The SMILES string of the molecule is CCC(=O)C(C)c1ccc(OC(C)C)cc1. The van der Waals surface area contributed by atoms with Gasteiger partial charge in [0.15, 0.2) is 0 Å². The molecule has 1 aromatic rings. The van der Waals surface area contributed by atoms with E-state index in [4.69, 9.17) is 4.74 Å². The molecule has 0 radical (unpaired) electrons. The monoisotopic (exact) mass is 220 g/mol. The average Bonchev–Trinajstić information content (AvgIpc) is 2.27. The molecule has 1 rings (SSSR count). The van der Waals surface area contributed by atoms with Crippen LogP contribution in [0.4, 0.5) is 0 Å². The summed E-state index contributed by atoms with van der Waals surface area (Å²) in [5.74, 6) is 1.12. The Balaban J connectivity index is 2.74. The van der Waals surface area contributed by atoms with Crippen LogP contribution in [0.25, 0.3) is 0 Å². The summed E-state index contributed by atoms with van der Waals surface area (Å²) in [6, 6.07) is 7.79. The van der Waals surface area contributed by atoms with E-state index in [-0.39, 0.29) is 17.8 Å². The van der Waals surface area contributed by atoms with Gasteiger partial charge in [0.25, 0.3) is 0 Å². The summed E-state index contributed by atoms with van der Waals surface area (Å²) in [6.07, 6.45) is 0.770. The zero-order chi connectivity index (χ0) is 12.1. The summed E-state index contributed by atoms with van der Waals surface area (Å²) in [4.78, 5) is 11.5. The fourth-order valence-corrected chi connectivity index (χ4v) is 1.60. The maximum Gasteiger partial charge on any atom is 0.139 e. The molecule has 1 unspecified atom stereocenters. The first-order chi connectivity index (χ1) is 7.54. The highest BCUT2D eigenvalue weighted by atomic mass is 16.5. The molecule has 0 aromatic heterocycles. The van der Waals surface area contributed by atoms with E-state index >= 15 is 0 Å². The van der Waals surface area contributed by atoms with Crippen molar-refractivity contribution < 1.29 is 9.53 Å². The summed E-state index contributed by atoms with van der Waals surface area (Å²) in [5, 5.41) is 0. The lowest BCUT2D eigenvalue weighted by atomic mass is 9.95. The van der Waals surface area contributed by atoms with E-state index in [1.807, 2.05) is 52.0 Å². The van der Waals surface area contributed by atoms with Crippen molar-refractivity contribution in [3.05, 3.63) is 29.8 Å². The summed E-state index contributed by atoms with van der Waals surface area (Å²) in [5.41, 5.74) is 1.06. The van der Waals surface area contributed by atoms with E-state index in [2.05, 4.69) is 0 Å². The second-order valence-electron chi connectivity index (χ2n) is 4.28. The Morgan fingerprint density at radius 3 is 2.19 bits per heavy atom. The molecule has 0 bridgehead atoms. The molecule has 1 atom stereocenters. The van der Waals surface area contributed by atoms with Gasteiger partial charge in [0.1, 0.15) is 11.5 Å². The lowest BCUT2D eigenvalue weighted by Crippen LogP contribution is -2.08. The van der Waals surface area contributed by atoms with Gasteiger partial charge in [-0.2, -0.15) is 0 Å². The van der Waals surface area contributed by atoms with Crippen LogP contribution in [-0.4, -0.2) is 11.9 Å². The molecular formula is C14H20O2. The molecule has 0 saturated heterocycles. The molecule has 2 nitrogen and oxygen atoms in total. The number of rotatable bonds is 5. The van der Waals surface area contributed by atoms with Crippen molar-refractivity contribution in [2.24, 2.45) is 0 Å². The predicted molar refractivity (Wildman–Crippen MR) is 65.9 cm³/mol. The van der Waals surface area contributed by atoms with Gasteiger partial charge in [-0.15, -0.1) is 0 Å². The quantitative estimate of drug-likeness (QED) is 0.758. The van der Waals surface area contributed by atoms with Crippen LogP contribution in [0.15, 0.2) is 24.3 Å². The van der Waals surface area contributed by atoms with Crippen LogP contribution in [-0.2, 0) is 4.79 Å². The Hall–Kier alpha value is -1.31. The Bertz CT molecular complexity index is 338. The number of Topliss-reactive ketones (excluding diaryl/α,β-unsaturated/α-hetero) is 1. The second-order valence-corrected chi connectivity index (χ2v) is 4.28. The van der Waals surface area contributed by atoms with Crippen LogP contribution >= 0.6 is 0 Å². The van der Waals surface area contributed by atoms with Gasteiger partial charge in [-0.1, -0.05) is 26.0 Å². The van der Waals surface area contributed by atoms with E-state index in [1.165, 1.54) is 0 Å². The van der Waals surface area contributed by atoms with Crippen molar-refractivity contribution in [3.63, 3.8) is 0 Å². The van der Waals surface area contributed by atoms with Crippen LogP contribution < -0.4 is 4.74 Å². The van der Waals surface area contributed by atoms with Crippen LogP contribution in [0.3, 0.4) is 0 Å². The largest absolute Gasteiger partial charge is 0.491 e. The number of carbonyl (C=O) groups is 1. The van der Waals surface area contributed by atoms with Gasteiger partial charge in [-0.05, 0) is 31.5 Å². The lowest BCUT2D eigenvalue weighted by Gasteiger charge is -2.12. The molecular weight excluding hydrogens is 200 g/mol. The van der Waals surface area contributed by atoms with Crippen molar-refractivity contribution in [3.8, 4) is 5.75 Å². The van der Waals surface area contributed by atoms with Gasteiger partial charge in [0.2, 0.25) is 0 Å². The number of hydrogen-bond donors (Lipinski definition) is 0. The Kier molecular flexibility index (Phi) is 4.53. The van der Waals surface area contributed by atoms with E-state index in [0.29, 0.717) is 6.42 Å². The van der Waals surface area contributed by atoms with E-state index in [1.54, 1.807) is 0 Å². The fourth-order valence-electron chi connectivity index (χ4n) is 1.60. The van der Waals surface area contributed by atoms with Gasteiger partial charge in [0, 0.05) is 12.3 Å². The first-order valence-corrected chi connectivity index (χ1v) is 5.84. The molecule has 16 heavy (non-hydrogen) atoms. The van der Waals surface area contributed by atoms with Crippen molar-refractivity contribution in [2.45, 2.75) is 46.1 Å². The summed E-state index contributed by atoms with van der Waals surface area (Å²) in [7, 11) is 0. The Labute approximate surface area is 97.6 Å². The third kappa shape index (κ3) is 3.37. The highest BCUT2D eigenvalue weighted by Crippen LogP contribution is 2.21. The minimum absolute atomic E-state index is 0.0156.